The minimum atomic E-state index is -0.579. The highest BCUT2D eigenvalue weighted by Gasteiger charge is 2.39. The fourth-order valence-electron chi connectivity index (χ4n) is 4.40. The van der Waals surface area contributed by atoms with Gasteiger partial charge in [-0.05, 0) is 48.8 Å². The second-order valence-corrected chi connectivity index (χ2v) is 7.60. The lowest BCUT2D eigenvalue weighted by Gasteiger charge is -2.32. The Balaban J connectivity index is 1.80. The zero-order chi connectivity index (χ0) is 18.7. The molecule has 4 heteroatoms. The summed E-state index contributed by atoms with van der Waals surface area (Å²) >= 11 is 0. The largest absolute Gasteiger partial charge is 0.353 e. The maximum Gasteiger partial charge on any atom is 0.157 e. The van der Waals surface area contributed by atoms with E-state index < -0.39 is 5.92 Å². The third-order valence-electron chi connectivity index (χ3n) is 5.59. The third-order valence-corrected chi connectivity index (χ3v) is 5.59. The molecule has 0 amide bonds. The van der Waals surface area contributed by atoms with Gasteiger partial charge in [0.25, 0.3) is 0 Å². The summed E-state index contributed by atoms with van der Waals surface area (Å²) in [4.78, 5) is 26.0. The first-order valence-corrected chi connectivity index (χ1v) is 9.94. The summed E-state index contributed by atoms with van der Waals surface area (Å²) in [6.45, 7) is 7.66. The average Bonchev–Trinajstić information content (AvgIpc) is 2.62. The highest BCUT2D eigenvalue weighted by Crippen LogP contribution is 2.37. The molecule has 4 nitrogen and oxygen atoms in total. The van der Waals surface area contributed by atoms with Crippen LogP contribution in [-0.2, 0) is 31.9 Å². The minimum Gasteiger partial charge on any atom is -0.353 e. The Labute approximate surface area is 156 Å². The summed E-state index contributed by atoms with van der Waals surface area (Å²) in [6.07, 6.45) is 3.86. The maximum absolute atomic E-state index is 13.0. The molecule has 1 aromatic rings. The highest BCUT2D eigenvalue weighted by atomic mass is 16.7. The highest BCUT2D eigenvalue weighted by molar-refractivity contribution is 6.10. The van der Waals surface area contributed by atoms with Crippen molar-refractivity contribution in [3.63, 3.8) is 0 Å². The van der Waals surface area contributed by atoms with E-state index in [1.165, 1.54) is 5.56 Å². The first kappa shape index (κ1) is 19.2. The summed E-state index contributed by atoms with van der Waals surface area (Å²) in [5, 5.41) is 0. The van der Waals surface area contributed by atoms with Crippen LogP contribution in [0.25, 0.3) is 0 Å². The molecule has 0 atom stereocenters. The van der Waals surface area contributed by atoms with Crippen LogP contribution in [0.5, 0.6) is 0 Å². The number of ketones is 2. The SMILES string of the molecule is CCc1cc(C)cc(CC)c1C1C(=O)CC(CC2OCCCO2)CC1=O. The van der Waals surface area contributed by atoms with Crippen LogP contribution in [0.2, 0.25) is 0 Å². The molecule has 2 fully saturated rings. The van der Waals surface area contributed by atoms with Crippen LogP contribution < -0.4 is 0 Å². The molecule has 1 saturated carbocycles. The van der Waals surface area contributed by atoms with Crippen molar-refractivity contribution < 1.29 is 19.1 Å². The molecular formula is C22H30O4. The standard InChI is InChI=1S/C22H30O4/c1-4-16-9-14(3)10-17(5-2)21(16)22-18(23)11-15(12-19(22)24)13-20-25-7-6-8-26-20/h9-10,15,20,22H,4-8,11-13H2,1-3H3. The van der Waals surface area contributed by atoms with E-state index in [4.69, 9.17) is 9.47 Å². The molecule has 0 unspecified atom stereocenters. The van der Waals surface area contributed by atoms with Gasteiger partial charge in [-0.2, -0.15) is 0 Å². The topological polar surface area (TPSA) is 52.6 Å². The van der Waals surface area contributed by atoms with Gasteiger partial charge >= 0.3 is 0 Å². The quantitative estimate of drug-likeness (QED) is 0.749. The zero-order valence-electron chi connectivity index (χ0n) is 16.2. The van der Waals surface area contributed by atoms with Crippen LogP contribution >= 0.6 is 0 Å². The fraction of sp³-hybridized carbons (Fsp3) is 0.636. The molecule has 0 aromatic heterocycles. The van der Waals surface area contributed by atoms with E-state index in [0.717, 1.165) is 36.0 Å². The predicted molar refractivity (Wildman–Crippen MR) is 100 cm³/mol. The lowest BCUT2D eigenvalue weighted by atomic mass is 9.72. The van der Waals surface area contributed by atoms with Crippen molar-refractivity contribution >= 4 is 11.6 Å². The van der Waals surface area contributed by atoms with Crippen molar-refractivity contribution in [1.29, 1.82) is 0 Å². The van der Waals surface area contributed by atoms with E-state index in [2.05, 4.69) is 32.9 Å². The molecule has 1 heterocycles. The van der Waals surface area contributed by atoms with Gasteiger partial charge in [-0.25, -0.2) is 0 Å². The summed E-state index contributed by atoms with van der Waals surface area (Å²) in [7, 11) is 0. The number of carbonyl (C=O) groups excluding carboxylic acids is 2. The Kier molecular flexibility index (Phi) is 6.25. The molecule has 0 spiro atoms. The Bertz CT molecular complexity index is 630. The number of carbonyl (C=O) groups is 2. The molecule has 2 aliphatic rings. The zero-order valence-corrected chi connectivity index (χ0v) is 16.2. The van der Waals surface area contributed by atoms with Gasteiger partial charge in [-0.1, -0.05) is 31.5 Å². The minimum absolute atomic E-state index is 0.0370. The van der Waals surface area contributed by atoms with Crippen LogP contribution in [0, 0.1) is 12.8 Å². The molecule has 1 aliphatic carbocycles. The van der Waals surface area contributed by atoms with Crippen LogP contribution in [0.15, 0.2) is 12.1 Å². The molecule has 0 N–H and O–H groups in total. The maximum atomic E-state index is 13.0. The first-order valence-electron chi connectivity index (χ1n) is 9.94. The first-order chi connectivity index (χ1) is 12.5. The van der Waals surface area contributed by atoms with Crippen molar-refractivity contribution in [2.24, 2.45) is 5.92 Å². The third kappa shape index (κ3) is 4.07. The number of hydrogen-bond acceptors (Lipinski definition) is 4. The summed E-state index contributed by atoms with van der Waals surface area (Å²) < 4.78 is 11.2. The van der Waals surface area contributed by atoms with Gasteiger partial charge in [0.1, 0.15) is 17.5 Å². The van der Waals surface area contributed by atoms with Crippen molar-refractivity contribution in [2.75, 3.05) is 13.2 Å². The summed E-state index contributed by atoms with van der Waals surface area (Å²) in [5.74, 6) is -0.412. The van der Waals surface area contributed by atoms with Crippen LogP contribution in [0.4, 0.5) is 0 Å². The van der Waals surface area contributed by atoms with E-state index in [9.17, 15) is 9.59 Å². The van der Waals surface area contributed by atoms with Crippen LogP contribution in [0.1, 0.15) is 67.7 Å². The molecule has 0 bridgehead atoms. The van der Waals surface area contributed by atoms with E-state index in [-0.39, 0.29) is 23.8 Å². The van der Waals surface area contributed by atoms with Crippen molar-refractivity contribution in [3.8, 4) is 0 Å². The van der Waals surface area contributed by atoms with Crippen LogP contribution in [-0.4, -0.2) is 31.1 Å². The molecule has 142 valence electrons. The molecule has 1 aliphatic heterocycles. The summed E-state index contributed by atoms with van der Waals surface area (Å²) in [5.41, 5.74) is 4.47. The number of hydrogen-bond donors (Lipinski definition) is 0. The molecule has 0 radical (unpaired) electrons. The van der Waals surface area contributed by atoms with Gasteiger partial charge in [0.2, 0.25) is 0 Å². The van der Waals surface area contributed by atoms with E-state index in [0.29, 0.717) is 32.5 Å². The Hall–Kier alpha value is -1.52. The monoisotopic (exact) mass is 358 g/mol. The second kappa shape index (κ2) is 8.45. The predicted octanol–water partition coefficient (Wildman–Crippen LogP) is 3.90. The van der Waals surface area contributed by atoms with E-state index >= 15 is 0 Å². The molecule has 3 rings (SSSR count). The number of Topliss-reactive ketones (excluding diaryl/α,β-unsaturated/α-hetero) is 2. The van der Waals surface area contributed by atoms with Gasteiger partial charge in [-0.3, -0.25) is 9.59 Å². The average molecular weight is 358 g/mol. The van der Waals surface area contributed by atoms with Crippen molar-refractivity contribution in [1.82, 2.24) is 0 Å². The van der Waals surface area contributed by atoms with Gasteiger partial charge in [-0.15, -0.1) is 0 Å². The van der Waals surface area contributed by atoms with Gasteiger partial charge in [0, 0.05) is 19.3 Å². The lowest BCUT2D eigenvalue weighted by Crippen LogP contribution is -2.36. The van der Waals surface area contributed by atoms with Gasteiger partial charge < -0.3 is 9.47 Å². The Morgan fingerprint density at radius 1 is 0.962 bits per heavy atom. The van der Waals surface area contributed by atoms with Crippen molar-refractivity contribution in [2.45, 2.75) is 71.5 Å². The molecular weight excluding hydrogens is 328 g/mol. The Morgan fingerprint density at radius 2 is 1.50 bits per heavy atom. The number of rotatable bonds is 5. The van der Waals surface area contributed by atoms with Crippen LogP contribution in [0.3, 0.4) is 0 Å². The lowest BCUT2D eigenvalue weighted by molar-refractivity contribution is -0.187. The van der Waals surface area contributed by atoms with Gasteiger partial charge in [0.05, 0.1) is 13.2 Å². The normalized spacial score (nSPS) is 24.9. The van der Waals surface area contributed by atoms with E-state index in [1.807, 2.05) is 0 Å². The van der Waals surface area contributed by atoms with E-state index in [1.54, 1.807) is 0 Å². The number of aryl methyl sites for hydroxylation is 3. The summed E-state index contributed by atoms with van der Waals surface area (Å²) in [6, 6.07) is 4.26. The molecule has 1 aromatic carbocycles. The van der Waals surface area contributed by atoms with Gasteiger partial charge in [0.15, 0.2) is 6.29 Å². The second-order valence-electron chi connectivity index (χ2n) is 7.60. The van der Waals surface area contributed by atoms with Crippen molar-refractivity contribution in [3.05, 3.63) is 34.4 Å². The molecule has 26 heavy (non-hydrogen) atoms. The Morgan fingerprint density at radius 3 is 2.00 bits per heavy atom. The molecule has 1 saturated heterocycles. The smallest absolute Gasteiger partial charge is 0.157 e. The fourth-order valence-corrected chi connectivity index (χ4v) is 4.40. The number of ether oxygens (including phenoxy) is 2. The number of benzene rings is 1.